The Balaban J connectivity index is 4.53. The smallest absolute Gasteiger partial charge is 0.297 e. The molecule has 0 aliphatic rings. The number of hydrogen-bond acceptors (Lipinski definition) is 3. The quantitative estimate of drug-likeness (QED) is 0.657. The number of hydrogen-bond donors (Lipinski definition) is 3. The Morgan fingerprint density at radius 1 is 0.500 bits per heavy atom. The molecule has 3 N–H and O–H groups in total. The van der Waals surface area contributed by atoms with Gasteiger partial charge < -0.3 is 13.9 Å². The highest BCUT2D eigenvalue weighted by molar-refractivity contribution is 6.93. The van der Waals surface area contributed by atoms with Crippen molar-refractivity contribution >= 4 is 34.0 Å². The van der Waals surface area contributed by atoms with Crippen molar-refractivity contribution < 1.29 is 0 Å². The summed E-state index contributed by atoms with van der Waals surface area (Å²) >= 11 is 0. The average Bonchev–Trinajstić information content (AvgIpc) is 1.70. The molecule has 0 aromatic rings. The second kappa shape index (κ2) is 5.59. The van der Waals surface area contributed by atoms with Gasteiger partial charge >= 0.3 is 0 Å². The molecule has 16 heavy (non-hydrogen) atoms. The van der Waals surface area contributed by atoms with Crippen LogP contribution in [0.15, 0.2) is 0 Å². The molecule has 0 aliphatic heterocycles. The van der Waals surface area contributed by atoms with Crippen LogP contribution in [-0.4, -0.2) is 34.0 Å². The van der Waals surface area contributed by atoms with Gasteiger partial charge in [-0.3, -0.25) is 0 Å². The van der Waals surface area contributed by atoms with Gasteiger partial charge in [0.25, 0.3) is 9.28 Å². The molecule has 0 amide bonds. The highest BCUT2D eigenvalue weighted by Crippen LogP contribution is 2.01. The third-order valence-corrected chi connectivity index (χ3v) is 13.5. The molecule has 0 bridgehead atoms. The molecule has 0 aromatic heterocycles. The van der Waals surface area contributed by atoms with Crippen molar-refractivity contribution in [1.82, 2.24) is 13.9 Å². The van der Waals surface area contributed by atoms with Crippen molar-refractivity contribution in [3.8, 4) is 0 Å². The summed E-state index contributed by atoms with van der Waals surface area (Å²) in [7, 11) is -4.40. The van der Waals surface area contributed by atoms with Crippen LogP contribution < -0.4 is 13.9 Å². The fourth-order valence-corrected chi connectivity index (χ4v) is 12.7. The van der Waals surface area contributed by atoms with E-state index in [-0.39, 0.29) is 0 Å². The van der Waals surface area contributed by atoms with Crippen molar-refractivity contribution in [2.24, 2.45) is 0 Å². The molecule has 0 saturated heterocycles. The lowest BCUT2D eigenvalue weighted by Gasteiger charge is -2.34. The van der Waals surface area contributed by atoms with Gasteiger partial charge in [0.15, 0.2) is 0 Å². The SMILES string of the molecule is C[Si](C)(C)N[Si](N[Si](C)(C)C)N[Si](C)(C)C. The van der Waals surface area contributed by atoms with E-state index in [1.807, 2.05) is 0 Å². The molecule has 0 fully saturated rings. The summed E-state index contributed by atoms with van der Waals surface area (Å²) < 4.78 is 11.6. The molecule has 0 atom stereocenters. The normalized spacial score (nSPS) is 14.6. The largest absolute Gasteiger partial charge is 0.335 e. The molecule has 0 aliphatic carbocycles. The summed E-state index contributed by atoms with van der Waals surface area (Å²) in [5.41, 5.74) is 0. The first-order valence-electron chi connectivity index (χ1n) is 6.00. The second-order valence-electron chi connectivity index (χ2n) is 7.50. The Labute approximate surface area is 107 Å². The molecule has 0 heterocycles. The lowest BCUT2D eigenvalue weighted by atomic mass is 11.8. The fraction of sp³-hybridized carbons (Fsp3) is 1.00. The average molecular weight is 293 g/mol. The van der Waals surface area contributed by atoms with Crippen LogP contribution in [0.5, 0.6) is 0 Å². The van der Waals surface area contributed by atoms with Gasteiger partial charge in [-0.1, -0.05) is 58.9 Å². The second-order valence-corrected chi connectivity index (χ2v) is 24.8. The minimum absolute atomic E-state index is 0.782. The van der Waals surface area contributed by atoms with Crippen molar-refractivity contribution in [3.05, 3.63) is 0 Å². The van der Waals surface area contributed by atoms with Crippen LogP contribution in [-0.2, 0) is 0 Å². The molecule has 3 nitrogen and oxygen atoms in total. The standard InChI is InChI=1S/C9H30N3Si4/c1-14(2,3)10-13(11-15(4,5)6)12-16(7,8)9/h10-12H,1-9H3. The first-order valence-corrected chi connectivity index (χ1v) is 18.0. The lowest BCUT2D eigenvalue weighted by Crippen LogP contribution is -2.73. The maximum atomic E-state index is 3.86. The topological polar surface area (TPSA) is 36.1 Å². The first kappa shape index (κ1) is 16.7. The molecule has 0 saturated carbocycles. The Morgan fingerprint density at radius 2 is 0.688 bits per heavy atom. The molecular formula is C9H30N3Si4. The molecule has 0 spiro atoms. The molecule has 0 rings (SSSR count). The van der Waals surface area contributed by atoms with Crippen LogP contribution in [0.3, 0.4) is 0 Å². The molecule has 97 valence electrons. The third kappa shape index (κ3) is 11.2. The minimum atomic E-state index is -1.21. The van der Waals surface area contributed by atoms with Crippen LogP contribution in [0.2, 0.25) is 58.9 Å². The van der Waals surface area contributed by atoms with E-state index >= 15 is 0 Å². The summed E-state index contributed by atoms with van der Waals surface area (Å²) in [5.74, 6) is 0. The lowest BCUT2D eigenvalue weighted by molar-refractivity contribution is 1.15. The predicted octanol–water partition coefficient (Wildman–Crippen LogP) is 2.24. The zero-order chi connectivity index (χ0) is 13.2. The third-order valence-electron chi connectivity index (χ3n) is 1.50. The summed E-state index contributed by atoms with van der Waals surface area (Å²) in [4.78, 5) is 0. The molecular weight excluding hydrogens is 262 g/mol. The van der Waals surface area contributed by atoms with Gasteiger partial charge in [0.2, 0.25) is 0 Å². The van der Waals surface area contributed by atoms with Gasteiger partial charge in [0.05, 0.1) is 0 Å². The Kier molecular flexibility index (Phi) is 5.85. The minimum Gasteiger partial charge on any atom is -0.335 e. The number of nitrogens with one attached hydrogen (secondary N) is 3. The molecule has 1 radical (unpaired) electrons. The van der Waals surface area contributed by atoms with Gasteiger partial charge in [-0.05, 0) is 0 Å². The van der Waals surface area contributed by atoms with Gasteiger partial charge in [0, 0.05) is 0 Å². The highest BCUT2D eigenvalue weighted by Gasteiger charge is 2.30. The summed E-state index contributed by atoms with van der Waals surface area (Å²) in [6.45, 7) is 21.3. The van der Waals surface area contributed by atoms with E-state index in [0.717, 1.165) is 0 Å². The van der Waals surface area contributed by atoms with E-state index in [1.54, 1.807) is 0 Å². The molecule has 0 unspecified atom stereocenters. The predicted molar refractivity (Wildman–Crippen MR) is 85.2 cm³/mol. The van der Waals surface area contributed by atoms with Crippen LogP contribution in [0.1, 0.15) is 0 Å². The molecule has 7 heteroatoms. The van der Waals surface area contributed by atoms with Gasteiger partial charge in [-0.2, -0.15) is 0 Å². The van der Waals surface area contributed by atoms with E-state index in [4.69, 9.17) is 0 Å². The zero-order valence-corrected chi connectivity index (χ0v) is 16.5. The van der Waals surface area contributed by atoms with Gasteiger partial charge in [-0.15, -0.1) is 0 Å². The maximum Gasteiger partial charge on any atom is 0.297 e. The van der Waals surface area contributed by atoms with Crippen molar-refractivity contribution in [2.75, 3.05) is 0 Å². The highest BCUT2D eigenvalue weighted by atomic mass is 28.4. The van der Waals surface area contributed by atoms with Crippen molar-refractivity contribution in [2.45, 2.75) is 58.9 Å². The summed E-state index contributed by atoms with van der Waals surface area (Å²) in [5, 5.41) is 0. The van der Waals surface area contributed by atoms with Crippen LogP contribution in [0, 0.1) is 0 Å². The number of rotatable bonds is 6. The summed E-state index contributed by atoms with van der Waals surface area (Å²) in [6, 6.07) is 0. The van der Waals surface area contributed by atoms with Crippen LogP contribution in [0.4, 0.5) is 0 Å². The van der Waals surface area contributed by atoms with Crippen molar-refractivity contribution in [1.29, 1.82) is 0 Å². The first-order chi connectivity index (χ1) is 6.79. The zero-order valence-electron chi connectivity index (χ0n) is 12.5. The van der Waals surface area contributed by atoms with E-state index in [0.29, 0.717) is 0 Å². The van der Waals surface area contributed by atoms with E-state index < -0.39 is 34.0 Å². The van der Waals surface area contributed by atoms with E-state index in [1.165, 1.54) is 0 Å². The van der Waals surface area contributed by atoms with Gasteiger partial charge in [-0.25, -0.2) is 0 Å². The van der Waals surface area contributed by atoms with E-state index in [2.05, 4.69) is 72.9 Å². The van der Waals surface area contributed by atoms with Crippen molar-refractivity contribution in [3.63, 3.8) is 0 Å². The Morgan fingerprint density at radius 3 is 0.812 bits per heavy atom. The van der Waals surface area contributed by atoms with Crippen LogP contribution >= 0.6 is 0 Å². The van der Waals surface area contributed by atoms with Crippen LogP contribution in [0.25, 0.3) is 0 Å². The fourth-order valence-electron chi connectivity index (χ4n) is 1.22. The Bertz CT molecular complexity index is 176. The van der Waals surface area contributed by atoms with Gasteiger partial charge in [0.1, 0.15) is 24.7 Å². The Hall–Kier alpha value is 0.748. The van der Waals surface area contributed by atoms with E-state index in [9.17, 15) is 0 Å². The maximum absolute atomic E-state index is 3.86. The summed E-state index contributed by atoms with van der Waals surface area (Å²) in [6.07, 6.45) is 0. The monoisotopic (exact) mass is 292 g/mol. The molecule has 0 aromatic carbocycles.